The first-order valence-corrected chi connectivity index (χ1v) is 4.98. The van der Waals surface area contributed by atoms with Crippen molar-refractivity contribution in [2.24, 2.45) is 5.41 Å². The molecule has 1 heterocycles. The van der Waals surface area contributed by atoms with Crippen molar-refractivity contribution in [2.75, 3.05) is 32.8 Å². The van der Waals surface area contributed by atoms with Gasteiger partial charge in [0.1, 0.15) is 0 Å². The summed E-state index contributed by atoms with van der Waals surface area (Å²) in [5.41, 5.74) is -0.0156. The average Bonchev–Trinajstić information content (AvgIpc) is 2.04. The number of hydrogen-bond donors (Lipinski definition) is 1. The third-order valence-electron chi connectivity index (χ3n) is 2.53. The lowest BCUT2D eigenvalue weighted by molar-refractivity contribution is -0.0143. The van der Waals surface area contributed by atoms with Gasteiger partial charge in [0.05, 0.1) is 19.3 Å². The lowest BCUT2D eigenvalue weighted by atomic mass is 9.89. The Bertz CT molecular complexity index is 147. The summed E-state index contributed by atoms with van der Waals surface area (Å²) in [7, 11) is 0. The standard InChI is InChI=1S/C10H21NO2/c1-10(2,3)9(12)8-11-4-6-13-7-5-11/h9,12H,4-8H2,1-3H3/t9-/m1/s1. The van der Waals surface area contributed by atoms with Crippen molar-refractivity contribution in [3.8, 4) is 0 Å². The van der Waals surface area contributed by atoms with Crippen LogP contribution in [0.2, 0.25) is 0 Å². The van der Waals surface area contributed by atoms with Gasteiger partial charge in [0.15, 0.2) is 0 Å². The molecule has 0 saturated carbocycles. The van der Waals surface area contributed by atoms with E-state index in [0.29, 0.717) is 0 Å². The quantitative estimate of drug-likeness (QED) is 0.691. The highest BCUT2D eigenvalue weighted by Gasteiger charge is 2.24. The van der Waals surface area contributed by atoms with E-state index in [1.807, 2.05) is 0 Å². The Morgan fingerprint density at radius 2 is 1.85 bits per heavy atom. The molecule has 0 spiro atoms. The molecule has 0 radical (unpaired) electrons. The maximum atomic E-state index is 9.86. The van der Waals surface area contributed by atoms with E-state index in [0.717, 1.165) is 32.8 Å². The van der Waals surface area contributed by atoms with E-state index in [9.17, 15) is 5.11 Å². The first kappa shape index (κ1) is 11.0. The minimum atomic E-state index is -0.245. The fourth-order valence-electron chi connectivity index (χ4n) is 1.30. The Morgan fingerprint density at radius 1 is 1.31 bits per heavy atom. The number of hydrogen-bond acceptors (Lipinski definition) is 3. The number of aliphatic hydroxyl groups excluding tert-OH is 1. The van der Waals surface area contributed by atoms with Gasteiger partial charge in [-0.25, -0.2) is 0 Å². The lowest BCUT2D eigenvalue weighted by Crippen LogP contribution is -2.44. The number of β-amino-alcohol motifs (C(OH)–C–C–N with tert-alkyl or cyclic N) is 1. The molecule has 13 heavy (non-hydrogen) atoms. The van der Waals surface area contributed by atoms with Crippen LogP contribution in [0.3, 0.4) is 0 Å². The van der Waals surface area contributed by atoms with Gasteiger partial charge in [-0.3, -0.25) is 4.90 Å². The normalized spacial score (nSPS) is 23.1. The molecule has 1 N–H and O–H groups in total. The Morgan fingerprint density at radius 3 is 2.31 bits per heavy atom. The number of nitrogens with zero attached hydrogens (tertiary/aromatic N) is 1. The summed E-state index contributed by atoms with van der Waals surface area (Å²) in [6.07, 6.45) is -0.245. The number of ether oxygens (including phenoxy) is 1. The first-order valence-electron chi connectivity index (χ1n) is 4.98. The second-order valence-corrected chi connectivity index (χ2v) is 4.79. The van der Waals surface area contributed by atoms with Crippen molar-refractivity contribution >= 4 is 0 Å². The predicted octanol–water partition coefficient (Wildman–Crippen LogP) is 0.726. The van der Waals surface area contributed by atoms with Crippen molar-refractivity contribution in [3.63, 3.8) is 0 Å². The molecule has 1 atom stereocenters. The Kier molecular flexibility index (Phi) is 3.71. The van der Waals surface area contributed by atoms with Crippen LogP contribution in [0.5, 0.6) is 0 Å². The van der Waals surface area contributed by atoms with Gasteiger partial charge in [-0.1, -0.05) is 20.8 Å². The van der Waals surface area contributed by atoms with Gasteiger partial charge in [0, 0.05) is 19.6 Å². The maximum Gasteiger partial charge on any atom is 0.0715 e. The van der Waals surface area contributed by atoms with Crippen LogP contribution in [0.15, 0.2) is 0 Å². The molecule has 78 valence electrons. The minimum Gasteiger partial charge on any atom is -0.391 e. The monoisotopic (exact) mass is 187 g/mol. The summed E-state index contributed by atoms with van der Waals surface area (Å²) < 4.78 is 5.24. The molecular formula is C10H21NO2. The molecule has 0 unspecified atom stereocenters. The number of aliphatic hydroxyl groups is 1. The lowest BCUT2D eigenvalue weighted by Gasteiger charge is -2.33. The average molecular weight is 187 g/mol. The molecule has 1 rings (SSSR count). The van der Waals surface area contributed by atoms with Gasteiger partial charge >= 0.3 is 0 Å². The second-order valence-electron chi connectivity index (χ2n) is 4.79. The van der Waals surface area contributed by atoms with E-state index in [1.54, 1.807) is 0 Å². The highest BCUT2D eigenvalue weighted by atomic mass is 16.5. The molecule has 0 aromatic heterocycles. The van der Waals surface area contributed by atoms with Gasteiger partial charge in [0.2, 0.25) is 0 Å². The summed E-state index contributed by atoms with van der Waals surface area (Å²) in [5, 5.41) is 9.86. The van der Waals surface area contributed by atoms with Crippen molar-refractivity contribution < 1.29 is 9.84 Å². The third-order valence-corrected chi connectivity index (χ3v) is 2.53. The van der Waals surface area contributed by atoms with Crippen LogP contribution in [-0.4, -0.2) is 49.0 Å². The van der Waals surface area contributed by atoms with Crippen LogP contribution in [0, 0.1) is 5.41 Å². The fraction of sp³-hybridized carbons (Fsp3) is 1.00. The van der Waals surface area contributed by atoms with Gasteiger partial charge in [-0.2, -0.15) is 0 Å². The van der Waals surface area contributed by atoms with E-state index in [-0.39, 0.29) is 11.5 Å². The van der Waals surface area contributed by atoms with E-state index in [4.69, 9.17) is 4.74 Å². The minimum absolute atomic E-state index is 0.0156. The largest absolute Gasteiger partial charge is 0.391 e. The van der Waals surface area contributed by atoms with Gasteiger partial charge < -0.3 is 9.84 Å². The summed E-state index contributed by atoms with van der Waals surface area (Å²) in [6.45, 7) is 10.5. The fourth-order valence-corrected chi connectivity index (χ4v) is 1.30. The van der Waals surface area contributed by atoms with Crippen LogP contribution in [0.1, 0.15) is 20.8 Å². The molecule has 1 aliphatic rings. The zero-order valence-corrected chi connectivity index (χ0v) is 8.92. The van der Waals surface area contributed by atoms with E-state index in [2.05, 4.69) is 25.7 Å². The van der Waals surface area contributed by atoms with Crippen LogP contribution in [0.25, 0.3) is 0 Å². The molecule has 1 saturated heterocycles. The molecule has 3 nitrogen and oxygen atoms in total. The third kappa shape index (κ3) is 3.63. The zero-order chi connectivity index (χ0) is 9.90. The number of rotatable bonds is 2. The van der Waals surface area contributed by atoms with Crippen LogP contribution >= 0.6 is 0 Å². The molecule has 0 aliphatic carbocycles. The summed E-state index contributed by atoms with van der Waals surface area (Å²) in [5.74, 6) is 0. The summed E-state index contributed by atoms with van der Waals surface area (Å²) in [4.78, 5) is 2.26. The smallest absolute Gasteiger partial charge is 0.0715 e. The Hall–Kier alpha value is -0.120. The van der Waals surface area contributed by atoms with Crippen molar-refractivity contribution in [3.05, 3.63) is 0 Å². The van der Waals surface area contributed by atoms with Crippen LogP contribution in [-0.2, 0) is 4.74 Å². The van der Waals surface area contributed by atoms with Crippen LogP contribution < -0.4 is 0 Å². The Balaban J connectivity index is 2.30. The highest BCUT2D eigenvalue weighted by Crippen LogP contribution is 2.19. The molecule has 1 aliphatic heterocycles. The van der Waals surface area contributed by atoms with Gasteiger partial charge in [0.25, 0.3) is 0 Å². The second kappa shape index (κ2) is 4.40. The molecule has 0 bridgehead atoms. The molecule has 1 fully saturated rings. The molecule has 0 aromatic rings. The molecule has 0 aromatic carbocycles. The molecule has 0 amide bonds. The summed E-state index contributed by atoms with van der Waals surface area (Å²) in [6, 6.07) is 0. The zero-order valence-electron chi connectivity index (χ0n) is 8.92. The topological polar surface area (TPSA) is 32.7 Å². The van der Waals surface area contributed by atoms with Crippen molar-refractivity contribution in [1.29, 1.82) is 0 Å². The first-order chi connectivity index (χ1) is 6.00. The molecule has 3 heteroatoms. The van der Waals surface area contributed by atoms with Crippen LogP contribution in [0.4, 0.5) is 0 Å². The van der Waals surface area contributed by atoms with Gasteiger partial charge in [-0.15, -0.1) is 0 Å². The Labute approximate surface area is 80.7 Å². The summed E-state index contributed by atoms with van der Waals surface area (Å²) >= 11 is 0. The van der Waals surface area contributed by atoms with E-state index < -0.39 is 0 Å². The number of morpholine rings is 1. The highest BCUT2D eigenvalue weighted by molar-refractivity contribution is 4.77. The SMILES string of the molecule is CC(C)(C)[C@H](O)CN1CCOCC1. The van der Waals surface area contributed by atoms with E-state index in [1.165, 1.54) is 0 Å². The van der Waals surface area contributed by atoms with E-state index >= 15 is 0 Å². The maximum absolute atomic E-state index is 9.86. The van der Waals surface area contributed by atoms with Crippen molar-refractivity contribution in [1.82, 2.24) is 4.90 Å². The van der Waals surface area contributed by atoms with Gasteiger partial charge in [-0.05, 0) is 5.41 Å². The predicted molar refractivity (Wildman–Crippen MR) is 52.7 cm³/mol. The molecular weight excluding hydrogens is 166 g/mol. The van der Waals surface area contributed by atoms with Crippen molar-refractivity contribution in [2.45, 2.75) is 26.9 Å².